The quantitative estimate of drug-likeness (QED) is 0.834. The molecule has 0 radical (unpaired) electrons. The number of carbonyl (C=O) groups is 2. The van der Waals surface area contributed by atoms with Crippen molar-refractivity contribution in [3.63, 3.8) is 0 Å². The molecule has 132 valence electrons. The third kappa shape index (κ3) is 3.11. The van der Waals surface area contributed by atoms with Crippen molar-refractivity contribution in [3.05, 3.63) is 18.0 Å². The Labute approximate surface area is 135 Å². The summed E-state index contributed by atoms with van der Waals surface area (Å²) in [5.74, 6) is -0.695. The van der Waals surface area contributed by atoms with Crippen LogP contribution in [0.5, 0.6) is 0 Å². The molecule has 1 unspecified atom stereocenters. The van der Waals surface area contributed by atoms with Crippen LogP contribution in [0.2, 0.25) is 0 Å². The molecule has 1 aliphatic rings. The van der Waals surface area contributed by atoms with Gasteiger partial charge in [0.2, 0.25) is 5.95 Å². The summed E-state index contributed by atoms with van der Waals surface area (Å²) in [6, 6.07) is 0.743. The zero-order valence-electron chi connectivity index (χ0n) is 13.0. The van der Waals surface area contributed by atoms with E-state index < -0.39 is 29.4 Å². The van der Waals surface area contributed by atoms with Crippen molar-refractivity contribution < 1.29 is 27.9 Å². The lowest BCUT2D eigenvalue weighted by Gasteiger charge is -2.47. The third-order valence-corrected chi connectivity index (χ3v) is 3.92. The first-order valence-electron chi connectivity index (χ1n) is 6.97. The molecular weight excluding hydrogens is 331 g/mol. The number of halogens is 3. The lowest BCUT2D eigenvalue weighted by molar-refractivity contribution is -0.141. The van der Waals surface area contributed by atoms with E-state index in [9.17, 15) is 27.9 Å². The van der Waals surface area contributed by atoms with Crippen molar-refractivity contribution in [2.75, 3.05) is 31.6 Å². The van der Waals surface area contributed by atoms with Crippen LogP contribution in [0.25, 0.3) is 0 Å². The fourth-order valence-corrected chi connectivity index (χ4v) is 2.63. The van der Waals surface area contributed by atoms with E-state index in [0.29, 0.717) is 0 Å². The van der Waals surface area contributed by atoms with Crippen molar-refractivity contribution in [2.45, 2.75) is 18.8 Å². The molecule has 1 aliphatic heterocycles. The first-order valence-corrected chi connectivity index (χ1v) is 6.97. The Bertz CT molecular complexity index is 654. The number of amides is 1. The summed E-state index contributed by atoms with van der Waals surface area (Å²) in [5.41, 5.74) is -2.69. The summed E-state index contributed by atoms with van der Waals surface area (Å²) in [7, 11) is 1.41. The Balaban J connectivity index is 2.38. The number of anilines is 1. The number of carboxylic acid groups (broad SMARTS) is 1. The number of alkyl halides is 3. The van der Waals surface area contributed by atoms with Crippen LogP contribution in [0.3, 0.4) is 0 Å². The van der Waals surface area contributed by atoms with Crippen LogP contribution in [0.1, 0.15) is 12.6 Å². The van der Waals surface area contributed by atoms with Gasteiger partial charge in [-0.05, 0) is 20.0 Å². The number of aromatic nitrogens is 2. The highest BCUT2D eigenvalue weighted by atomic mass is 19.4. The fraction of sp³-hybridized carbons (Fsp3) is 0.538. The summed E-state index contributed by atoms with van der Waals surface area (Å²) in [6.45, 7) is 0.981. The number of ketones is 1. The maximum atomic E-state index is 12.8. The topological polar surface area (TPSA) is 98.7 Å². The minimum atomic E-state index is -4.62. The highest BCUT2D eigenvalue weighted by Gasteiger charge is 2.48. The van der Waals surface area contributed by atoms with E-state index in [1.807, 2.05) is 0 Å². The second-order valence-corrected chi connectivity index (χ2v) is 5.26. The van der Waals surface area contributed by atoms with Crippen LogP contribution >= 0.6 is 0 Å². The Morgan fingerprint density at radius 2 is 2.04 bits per heavy atom. The molecular formula is C13H16F3N5O3. The number of hydrogen-bond donors (Lipinski definition) is 2. The molecule has 0 aliphatic carbocycles. The van der Waals surface area contributed by atoms with Crippen LogP contribution in [0, 0.1) is 0 Å². The summed E-state index contributed by atoms with van der Waals surface area (Å²) in [5, 5.41) is 12.0. The number of nitrogens with one attached hydrogen (secondary N) is 1. The van der Waals surface area contributed by atoms with Crippen LogP contribution in [0.15, 0.2) is 12.3 Å². The van der Waals surface area contributed by atoms with Crippen molar-refractivity contribution in [2.24, 2.45) is 0 Å². The Hall–Kier alpha value is -2.43. The lowest BCUT2D eigenvalue weighted by atomic mass is 10.0. The van der Waals surface area contributed by atoms with Gasteiger partial charge in [-0.3, -0.25) is 15.0 Å². The predicted octanol–water partition coefficient (Wildman–Crippen LogP) is 0.800. The third-order valence-electron chi connectivity index (χ3n) is 3.92. The Morgan fingerprint density at radius 3 is 2.54 bits per heavy atom. The van der Waals surface area contributed by atoms with Gasteiger partial charge in [-0.2, -0.15) is 13.2 Å². The van der Waals surface area contributed by atoms with E-state index in [1.54, 1.807) is 0 Å². The number of Topliss-reactive ketones (excluding diaryl/α,β-unsaturated/α-hetero) is 1. The Morgan fingerprint density at radius 1 is 1.38 bits per heavy atom. The first kappa shape index (κ1) is 17.9. The van der Waals surface area contributed by atoms with E-state index in [1.165, 1.54) is 18.9 Å². The summed E-state index contributed by atoms with van der Waals surface area (Å²) < 4.78 is 38.4. The normalized spacial score (nSPS) is 21.7. The number of nitrogens with zero attached hydrogens (tertiary/aromatic N) is 4. The van der Waals surface area contributed by atoms with Crippen LogP contribution in [-0.2, 0) is 11.0 Å². The largest absolute Gasteiger partial charge is 0.465 e. The smallest absolute Gasteiger partial charge is 0.433 e. The average molecular weight is 347 g/mol. The molecule has 2 N–H and O–H groups in total. The molecule has 2 heterocycles. The van der Waals surface area contributed by atoms with Crippen LogP contribution in [-0.4, -0.2) is 64.2 Å². The van der Waals surface area contributed by atoms with E-state index >= 15 is 0 Å². The molecule has 1 fully saturated rings. The van der Waals surface area contributed by atoms with Gasteiger partial charge in [0.05, 0.1) is 6.54 Å². The minimum absolute atomic E-state index is 0.0598. The lowest BCUT2D eigenvalue weighted by Crippen LogP contribution is -2.73. The second kappa shape index (κ2) is 6.23. The molecule has 8 nitrogen and oxygen atoms in total. The molecule has 1 saturated heterocycles. The molecule has 11 heteroatoms. The zero-order chi connectivity index (χ0) is 18.1. The SMILES string of the molecule is CNC1(C(C)=O)CN(c2nccc(C(F)(F)F)n2)CCN1C(=O)O. The molecule has 2 rings (SSSR count). The molecule has 0 spiro atoms. The standard InChI is InChI=1S/C13H16F3N5O3/c1-8(22)12(17-2)7-20(5-6-21(12)11(23)24)10-18-4-3-9(19-10)13(14,15)16/h3-4,17H,5-7H2,1-2H3,(H,23,24). The molecule has 0 bridgehead atoms. The molecule has 0 aromatic carbocycles. The molecule has 1 atom stereocenters. The summed E-state index contributed by atoms with van der Waals surface area (Å²) >= 11 is 0. The number of hydrogen-bond acceptors (Lipinski definition) is 6. The fourth-order valence-electron chi connectivity index (χ4n) is 2.63. The van der Waals surface area contributed by atoms with Gasteiger partial charge in [0.1, 0.15) is 5.69 Å². The molecule has 1 aromatic rings. The van der Waals surface area contributed by atoms with Crippen LogP contribution in [0.4, 0.5) is 23.9 Å². The van der Waals surface area contributed by atoms with Crippen molar-refractivity contribution in [3.8, 4) is 0 Å². The van der Waals surface area contributed by atoms with Gasteiger partial charge in [0, 0.05) is 19.3 Å². The zero-order valence-corrected chi connectivity index (χ0v) is 13.0. The number of likely N-dealkylation sites (N-methyl/N-ethyl adjacent to an activating group) is 1. The number of piperazine rings is 1. The van der Waals surface area contributed by atoms with E-state index in [-0.39, 0.29) is 25.6 Å². The summed E-state index contributed by atoms with van der Waals surface area (Å²) in [4.78, 5) is 33.0. The molecule has 1 aromatic heterocycles. The van der Waals surface area contributed by atoms with Crippen LogP contribution < -0.4 is 10.2 Å². The maximum Gasteiger partial charge on any atom is 0.433 e. The summed E-state index contributed by atoms with van der Waals surface area (Å²) in [6.07, 6.45) is -4.95. The Kier molecular flexibility index (Phi) is 4.65. The highest BCUT2D eigenvalue weighted by molar-refractivity contribution is 5.90. The first-order chi connectivity index (χ1) is 11.1. The van der Waals surface area contributed by atoms with Gasteiger partial charge in [-0.15, -0.1) is 0 Å². The van der Waals surface area contributed by atoms with Gasteiger partial charge >= 0.3 is 12.3 Å². The van der Waals surface area contributed by atoms with E-state index in [0.717, 1.165) is 17.2 Å². The highest BCUT2D eigenvalue weighted by Crippen LogP contribution is 2.29. The number of carbonyl (C=O) groups excluding carboxylic acids is 1. The van der Waals surface area contributed by atoms with Crippen molar-refractivity contribution >= 4 is 17.8 Å². The monoisotopic (exact) mass is 347 g/mol. The number of rotatable bonds is 3. The molecule has 0 saturated carbocycles. The predicted molar refractivity (Wildman–Crippen MR) is 76.4 cm³/mol. The second-order valence-electron chi connectivity index (χ2n) is 5.26. The van der Waals surface area contributed by atoms with Gasteiger partial charge in [0.15, 0.2) is 11.4 Å². The maximum absolute atomic E-state index is 12.8. The minimum Gasteiger partial charge on any atom is -0.465 e. The van der Waals surface area contributed by atoms with E-state index in [2.05, 4.69) is 15.3 Å². The van der Waals surface area contributed by atoms with Crippen molar-refractivity contribution in [1.82, 2.24) is 20.2 Å². The van der Waals surface area contributed by atoms with Gasteiger partial charge < -0.3 is 10.0 Å². The van der Waals surface area contributed by atoms with Gasteiger partial charge in [-0.1, -0.05) is 0 Å². The van der Waals surface area contributed by atoms with E-state index in [4.69, 9.17) is 0 Å². The van der Waals surface area contributed by atoms with Crippen molar-refractivity contribution in [1.29, 1.82) is 0 Å². The molecule has 1 amide bonds. The van der Waals surface area contributed by atoms with Gasteiger partial charge in [-0.25, -0.2) is 14.8 Å². The molecule has 24 heavy (non-hydrogen) atoms. The van der Waals surface area contributed by atoms with Gasteiger partial charge in [0.25, 0.3) is 0 Å². The average Bonchev–Trinajstić information content (AvgIpc) is 2.53.